The van der Waals surface area contributed by atoms with E-state index in [9.17, 15) is 14.9 Å². The number of nitro groups is 1. The lowest BCUT2D eigenvalue weighted by Gasteiger charge is -2.35. The summed E-state index contributed by atoms with van der Waals surface area (Å²) in [6.45, 7) is 2.76. The van der Waals surface area contributed by atoms with Crippen LogP contribution in [0, 0.1) is 10.1 Å². The van der Waals surface area contributed by atoms with Gasteiger partial charge in [0.1, 0.15) is 5.69 Å². The predicted octanol–water partition coefficient (Wildman–Crippen LogP) is 5.53. The molecule has 0 bridgehead atoms. The van der Waals surface area contributed by atoms with Crippen LogP contribution in [-0.2, 0) is 0 Å². The van der Waals surface area contributed by atoms with E-state index in [4.69, 9.17) is 23.2 Å². The summed E-state index contributed by atoms with van der Waals surface area (Å²) < 4.78 is 0. The first-order valence-corrected chi connectivity index (χ1v) is 9.44. The van der Waals surface area contributed by atoms with Crippen molar-refractivity contribution in [1.82, 2.24) is 0 Å². The minimum absolute atomic E-state index is 0.0653. The zero-order valence-electron chi connectivity index (χ0n) is 14.7. The maximum absolute atomic E-state index is 12.6. The standard InChI is InChI=1S/C19H19Cl2N3O3/c1-12-6-4-5-9-23(12)17-11-16(15(21)10-18(17)24(26)27)22-19(25)13-7-2-3-8-14(13)20/h2-3,7-8,10-12H,4-6,9H2,1H3,(H,22,25)/t12-/m1/s1. The van der Waals surface area contributed by atoms with Crippen LogP contribution < -0.4 is 10.2 Å². The molecule has 0 radical (unpaired) electrons. The summed E-state index contributed by atoms with van der Waals surface area (Å²) in [5, 5.41) is 14.7. The molecule has 1 aliphatic heterocycles. The molecule has 1 amide bonds. The Bertz CT molecular complexity index is 888. The molecular weight excluding hydrogens is 389 g/mol. The fourth-order valence-electron chi connectivity index (χ4n) is 3.31. The normalized spacial score (nSPS) is 16.9. The van der Waals surface area contributed by atoms with Crippen molar-refractivity contribution in [3.8, 4) is 0 Å². The molecule has 2 aromatic carbocycles. The second-order valence-electron chi connectivity index (χ2n) is 6.55. The summed E-state index contributed by atoms with van der Waals surface area (Å²) in [5.74, 6) is -0.422. The first-order chi connectivity index (χ1) is 12.9. The number of rotatable bonds is 4. The molecule has 3 rings (SSSR count). The highest BCUT2D eigenvalue weighted by Gasteiger charge is 2.27. The third kappa shape index (κ3) is 4.17. The highest BCUT2D eigenvalue weighted by Crippen LogP contribution is 2.39. The third-order valence-corrected chi connectivity index (χ3v) is 5.38. The number of piperidine rings is 1. The number of carbonyl (C=O) groups is 1. The molecule has 0 unspecified atom stereocenters. The molecule has 1 aliphatic rings. The topological polar surface area (TPSA) is 75.5 Å². The first kappa shape index (κ1) is 19.5. The zero-order chi connectivity index (χ0) is 19.6. The molecule has 2 aromatic rings. The van der Waals surface area contributed by atoms with Gasteiger partial charge in [0.25, 0.3) is 11.6 Å². The number of carbonyl (C=O) groups excluding carboxylic acids is 1. The van der Waals surface area contributed by atoms with E-state index < -0.39 is 10.8 Å². The molecule has 0 spiro atoms. The van der Waals surface area contributed by atoms with Gasteiger partial charge in [-0.25, -0.2) is 0 Å². The Morgan fingerprint density at radius 2 is 1.96 bits per heavy atom. The van der Waals surface area contributed by atoms with E-state index >= 15 is 0 Å². The van der Waals surface area contributed by atoms with Crippen molar-refractivity contribution >= 4 is 46.2 Å². The van der Waals surface area contributed by atoms with Gasteiger partial charge in [-0.05, 0) is 44.4 Å². The summed E-state index contributed by atoms with van der Waals surface area (Å²) in [6.07, 6.45) is 3.02. The maximum atomic E-state index is 12.6. The monoisotopic (exact) mass is 407 g/mol. The maximum Gasteiger partial charge on any atom is 0.294 e. The molecule has 0 aliphatic carbocycles. The Kier molecular flexibility index (Phi) is 5.87. The smallest absolute Gasteiger partial charge is 0.294 e. The third-order valence-electron chi connectivity index (χ3n) is 4.74. The summed E-state index contributed by atoms with van der Waals surface area (Å²) in [6, 6.07) is 9.70. The molecule has 1 atom stereocenters. The quantitative estimate of drug-likeness (QED) is 0.533. The Morgan fingerprint density at radius 3 is 2.63 bits per heavy atom. The Labute approximate surface area is 167 Å². The van der Waals surface area contributed by atoms with E-state index in [2.05, 4.69) is 5.32 Å². The van der Waals surface area contributed by atoms with Gasteiger partial charge in [-0.2, -0.15) is 0 Å². The van der Waals surface area contributed by atoms with Crippen molar-refractivity contribution in [2.75, 3.05) is 16.8 Å². The van der Waals surface area contributed by atoms with E-state index in [1.165, 1.54) is 6.07 Å². The predicted molar refractivity (Wildman–Crippen MR) is 108 cm³/mol. The van der Waals surface area contributed by atoms with Gasteiger partial charge in [0.05, 0.1) is 26.2 Å². The largest absolute Gasteiger partial charge is 0.363 e. The lowest BCUT2D eigenvalue weighted by atomic mass is 10.0. The van der Waals surface area contributed by atoms with Gasteiger partial charge in [-0.3, -0.25) is 14.9 Å². The van der Waals surface area contributed by atoms with Crippen molar-refractivity contribution in [3.05, 3.63) is 62.1 Å². The van der Waals surface area contributed by atoms with Crippen molar-refractivity contribution in [2.24, 2.45) is 0 Å². The first-order valence-electron chi connectivity index (χ1n) is 8.69. The second-order valence-corrected chi connectivity index (χ2v) is 7.36. The molecule has 8 heteroatoms. The number of nitrogens with one attached hydrogen (secondary N) is 1. The van der Waals surface area contributed by atoms with Gasteiger partial charge in [0.2, 0.25) is 0 Å². The van der Waals surface area contributed by atoms with Crippen molar-refractivity contribution in [1.29, 1.82) is 0 Å². The van der Waals surface area contributed by atoms with Crippen LogP contribution in [0.1, 0.15) is 36.5 Å². The number of anilines is 2. The molecule has 142 valence electrons. The second kappa shape index (κ2) is 8.15. The fourth-order valence-corrected chi connectivity index (χ4v) is 3.74. The molecule has 27 heavy (non-hydrogen) atoms. The molecule has 0 aromatic heterocycles. The summed E-state index contributed by atoms with van der Waals surface area (Å²) in [4.78, 5) is 25.7. The number of amides is 1. The van der Waals surface area contributed by atoms with Crippen LogP contribution in [0.2, 0.25) is 10.0 Å². The van der Waals surface area contributed by atoms with Crippen LogP contribution in [-0.4, -0.2) is 23.4 Å². The average molecular weight is 408 g/mol. The molecular formula is C19H19Cl2N3O3. The van der Waals surface area contributed by atoms with Crippen LogP contribution in [0.4, 0.5) is 17.1 Å². The van der Waals surface area contributed by atoms with Crippen molar-refractivity contribution < 1.29 is 9.72 Å². The minimum atomic E-state index is -0.442. The Balaban J connectivity index is 1.98. The van der Waals surface area contributed by atoms with Crippen molar-refractivity contribution in [3.63, 3.8) is 0 Å². The van der Waals surface area contributed by atoms with Crippen LogP contribution in [0.3, 0.4) is 0 Å². The van der Waals surface area contributed by atoms with Crippen LogP contribution in [0.25, 0.3) is 0 Å². The summed E-state index contributed by atoms with van der Waals surface area (Å²) in [5.41, 5.74) is 1.02. The van der Waals surface area contributed by atoms with E-state index in [-0.39, 0.29) is 16.8 Å². The number of halogens is 2. The molecule has 6 nitrogen and oxygen atoms in total. The van der Waals surface area contributed by atoms with Gasteiger partial charge in [-0.1, -0.05) is 35.3 Å². The number of hydrogen-bond donors (Lipinski definition) is 1. The van der Waals surface area contributed by atoms with Crippen LogP contribution in [0.5, 0.6) is 0 Å². The van der Waals surface area contributed by atoms with Gasteiger partial charge >= 0.3 is 0 Å². The number of benzene rings is 2. The van der Waals surface area contributed by atoms with Gasteiger partial charge in [0, 0.05) is 18.7 Å². The highest BCUT2D eigenvalue weighted by atomic mass is 35.5. The summed E-state index contributed by atoms with van der Waals surface area (Å²) in [7, 11) is 0. The molecule has 0 saturated carbocycles. The van der Waals surface area contributed by atoms with E-state index in [0.29, 0.717) is 22.0 Å². The lowest BCUT2D eigenvalue weighted by Crippen LogP contribution is -2.37. The molecule has 1 fully saturated rings. The number of nitrogens with zero attached hydrogens (tertiary/aromatic N) is 2. The highest BCUT2D eigenvalue weighted by molar-refractivity contribution is 6.36. The van der Waals surface area contributed by atoms with E-state index in [1.54, 1.807) is 30.3 Å². The average Bonchev–Trinajstić information content (AvgIpc) is 2.63. The SMILES string of the molecule is C[C@@H]1CCCCN1c1cc(NC(=O)c2ccccc2Cl)c(Cl)cc1[N+](=O)[O-]. The van der Waals surface area contributed by atoms with E-state index in [1.807, 2.05) is 11.8 Å². The van der Waals surface area contributed by atoms with Crippen LogP contribution >= 0.6 is 23.2 Å². The van der Waals surface area contributed by atoms with Crippen molar-refractivity contribution in [2.45, 2.75) is 32.2 Å². The molecule has 1 N–H and O–H groups in total. The minimum Gasteiger partial charge on any atom is -0.363 e. The van der Waals surface area contributed by atoms with Crippen LogP contribution in [0.15, 0.2) is 36.4 Å². The Morgan fingerprint density at radius 1 is 1.22 bits per heavy atom. The number of nitro benzene ring substituents is 1. The van der Waals surface area contributed by atoms with E-state index in [0.717, 1.165) is 25.8 Å². The Hall–Kier alpha value is -2.31. The summed E-state index contributed by atoms with van der Waals surface area (Å²) >= 11 is 12.3. The zero-order valence-corrected chi connectivity index (χ0v) is 16.3. The molecule has 1 saturated heterocycles. The van der Waals surface area contributed by atoms with Gasteiger partial charge in [0.15, 0.2) is 0 Å². The lowest BCUT2D eigenvalue weighted by molar-refractivity contribution is -0.384. The van der Waals surface area contributed by atoms with Gasteiger partial charge < -0.3 is 10.2 Å². The molecule has 1 heterocycles. The van der Waals surface area contributed by atoms with Gasteiger partial charge in [-0.15, -0.1) is 0 Å². The number of hydrogen-bond acceptors (Lipinski definition) is 4. The fraction of sp³-hybridized carbons (Fsp3) is 0.316.